The van der Waals surface area contributed by atoms with Gasteiger partial charge < -0.3 is 4.90 Å². The quantitative estimate of drug-likeness (QED) is 0.855. The molecule has 19 heavy (non-hydrogen) atoms. The SMILES string of the molecule is N#CN1CC[C@@H](NS(=O)(=O)c2cc(Cl)ccc2F)C1. The normalized spacial score (nSPS) is 19.4. The zero-order chi connectivity index (χ0) is 14.0. The standard InChI is InChI=1S/C11H11ClFN3O2S/c12-8-1-2-10(13)11(5-8)19(17,18)15-9-3-4-16(6-9)7-14/h1-2,5,9,15H,3-4,6H2/t9-/m1/s1. The minimum Gasteiger partial charge on any atom is -0.309 e. The summed E-state index contributed by atoms with van der Waals surface area (Å²) in [5.74, 6) is -0.855. The smallest absolute Gasteiger partial charge is 0.243 e. The summed E-state index contributed by atoms with van der Waals surface area (Å²) in [6.45, 7) is 0.777. The van der Waals surface area contributed by atoms with Gasteiger partial charge in [-0.25, -0.2) is 17.5 Å². The van der Waals surface area contributed by atoms with E-state index < -0.39 is 26.8 Å². The average Bonchev–Trinajstić information content (AvgIpc) is 2.79. The van der Waals surface area contributed by atoms with Crippen LogP contribution in [0.1, 0.15) is 6.42 Å². The molecule has 0 spiro atoms. The van der Waals surface area contributed by atoms with Gasteiger partial charge in [0.2, 0.25) is 10.0 Å². The van der Waals surface area contributed by atoms with Crippen molar-refractivity contribution in [2.75, 3.05) is 13.1 Å². The van der Waals surface area contributed by atoms with E-state index in [0.29, 0.717) is 13.0 Å². The second-order valence-corrected chi connectivity index (χ2v) is 6.35. The number of hydrogen-bond acceptors (Lipinski definition) is 4. The monoisotopic (exact) mass is 303 g/mol. The van der Waals surface area contributed by atoms with Crippen molar-refractivity contribution >= 4 is 21.6 Å². The summed E-state index contributed by atoms with van der Waals surface area (Å²) in [7, 11) is -3.97. The van der Waals surface area contributed by atoms with Crippen molar-refractivity contribution in [2.45, 2.75) is 17.4 Å². The van der Waals surface area contributed by atoms with Gasteiger partial charge in [-0.3, -0.25) is 0 Å². The van der Waals surface area contributed by atoms with Crippen molar-refractivity contribution in [1.82, 2.24) is 9.62 Å². The zero-order valence-electron chi connectivity index (χ0n) is 9.81. The van der Waals surface area contributed by atoms with Crippen molar-refractivity contribution in [1.29, 1.82) is 5.26 Å². The van der Waals surface area contributed by atoms with E-state index in [2.05, 4.69) is 4.72 Å². The minimum atomic E-state index is -3.97. The fourth-order valence-electron chi connectivity index (χ4n) is 1.91. The zero-order valence-corrected chi connectivity index (χ0v) is 11.4. The lowest BCUT2D eigenvalue weighted by Gasteiger charge is -2.13. The van der Waals surface area contributed by atoms with Crippen LogP contribution in [0.5, 0.6) is 0 Å². The molecule has 102 valence electrons. The average molecular weight is 304 g/mol. The molecule has 1 atom stereocenters. The Labute approximate surface area is 115 Å². The van der Waals surface area contributed by atoms with Crippen molar-refractivity contribution in [2.24, 2.45) is 0 Å². The molecule has 0 radical (unpaired) electrons. The fraction of sp³-hybridized carbons (Fsp3) is 0.364. The first-order valence-electron chi connectivity index (χ1n) is 5.54. The van der Waals surface area contributed by atoms with Gasteiger partial charge in [-0.1, -0.05) is 11.6 Å². The van der Waals surface area contributed by atoms with Crippen LogP contribution in [0.25, 0.3) is 0 Å². The molecule has 1 aromatic carbocycles. The van der Waals surface area contributed by atoms with E-state index in [-0.39, 0.29) is 11.6 Å². The molecule has 1 aliphatic rings. The van der Waals surface area contributed by atoms with Crippen LogP contribution in [-0.4, -0.2) is 32.4 Å². The van der Waals surface area contributed by atoms with Gasteiger partial charge in [-0.05, 0) is 24.6 Å². The molecule has 1 aromatic rings. The third-order valence-corrected chi connectivity index (χ3v) is 4.60. The van der Waals surface area contributed by atoms with Crippen molar-refractivity contribution < 1.29 is 12.8 Å². The van der Waals surface area contributed by atoms with Gasteiger partial charge in [0.05, 0.1) is 0 Å². The number of halogens is 2. The van der Waals surface area contributed by atoms with Crippen molar-refractivity contribution in [3.63, 3.8) is 0 Å². The van der Waals surface area contributed by atoms with E-state index >= 15 is 0 Å². The van der Waals surface area contributed by atoms with Crippen LogP contribution in [0, 0.1) is 17.3 Å². The lowest BCUT2D eigenvalue weighted by Crippen LogP contribution is -2.36. The molecule has 0 aliphatic carbocycles. The van der Waals surface area contributed by atoms with Gasteiger partial charge in [-0.15, -0.1) is 0 Å². The molecule has 1 aliphatic heterocycles. The maximum absolute atomic E-state index is 13.5. The topological polar surface area (TPSA) is 73.2 Å². The maximum atomic E-state index is 13.5. The highest BCUT2D eigenvalue weighted by molar-refractivity contribution is 7.89. The Hall–Kier alpha value is -1.36. The molecule has 0 saturated carbocycles. The van der Waals surface area contributed by atoms with Crippen LogP contribution < -0.4 is 4.72 Å². The molecule has 8 heteroatoms. The first kappa shape index (κ1) is 14.1. The summed E-state index contributed by atoms with van der Waals surface area (Å²) in [6.07, 6.45) is 2.45. The Morgan fingerprint density at radius 3 is 2.89 bits per heavy atom. The Morgan fingerprint density at radius 1 is 1.53 bits per heavy atom. The van der Waals surface area contributed by atoms with E-state index in [1.807, 2.05) is 6.19 Å². The van der Waals surface area contributed by atoms with Crippen LogP contribution in [0.15, 0.2) is 23.1 Å². The van der Waals surface area contributed by atoms with Gasteiger partial charge >= 0.3 is 0 Å². The molecule has 1 saturated heterocycles. The predicted octanol–water partition coefficient (Wildman–Crippen LogP) is 1.31. The highest BCUT2D eigenvalue weighted by Gasteiger charge is 2.28. The van der Waals surface area contributed by atoms with Crippen molar-refractivity contribution in [3.8, 4) is 6.19 Å². The highest BCUT2D eigenvalue weighted by Crippen LogP contribution is 2.20. The highest BCUT2D eigenvalue weighted by atomic mass is 35.5. The van der Waals surface area contributed by atoms with Gasteiger partial charge in [-0.2, -0.15) is 5.26 Å². The van der Waals surface area contributed by atoms with Crippen molar-refractivity contribution in [3.05, 3.63) is 29.0 Å². The van der Waals surface area contributed by atoms with Gasteiger partial charge in [0.1, 0.15) is 10.7 Å². The molecule has 5 nitrogen and oxygen atoms in total. The Bertz CT molecular complexity index is 629. The molecule has 1 N–H and O–H groups in total. The van der Waals surface area contributed by atoms with Crippen LogP contribution in [0.3, 0.4) is 0 Å². The Balaban J connectivity index is 2.20. The molecular formula is C11H11ClFN3O2S. The number of nitrogens with zero attached hydrogens (tertiary/aromatic N) is 2. The maximum Gasteiger partial charge on any atom is 0.243 e. The number of nitriles is 1. The summed E-state index contributed by atoms with van der Waals surface area (Å²) in [6, 6.07) is 2.95. The second kappa shape index (κ2) is 5.33. The molecule has 0 unspecified atom stereocenters. The van der Waals surface area contributed by atoms with E-state index in [4.69, 9.17) is 16.9 Å². The first-order valence-corrected chi connectivity index (χ1v) is 7.40. The first-order chi connectivity index (χ1) is 8.92. The van der Waals surface area contributed by atoms with E-state index in [9.17, 15) is 12.8 Å². The number of likely N-dealkylation sites (tertiary alicyclic amines) is 1. The summed E-state index contributed by atoms with van der Waals surface area (Å²) >= 11 is 5.67. The Kier molecular flexibility index (Phi) is 3.94. The number of hydrogen-bond donors (Lipinski definition) is 1. The largest absolute Gasteiger partial charge is 0.309 e. The van der Waals surface area contributed by atoms with Crippen LogP contribution in [0.2, 0.25) is 5.02 Å². The van der Waals surface area contributed by atoms with E-state index in [1.54, 1.807) is 0 Å². The number of nitrogens with one attached hydrogen (secondary N) is 1. The predicted molar refractivity (Wildman–Crippen MR) is 67.3 cm³/mol. The van der Waals surface area contributed by atoms with Crippen LogP contribution >= 0.6 is 11.6 Å². The molecule has 1 fully saturated rings. The molecule has 2 rings (SSSR count). The molecular weight excluding hydrogens is 293 g/mol. The third kappa shape index (κ3) is 3.15. The summed E-state index contributed by atoms with van der Waals surface area (Å²) in [4.78, 5) is 0.969. The van der Waals surface area contributed by atoms with E-state index in [0.717, 1.165) is 12.1 Å². The lowest BCUT2D eigenvalue weighted by atomic mass is 10.3. The fourth-order valence-corrected chi connectivity index (χ4v) is 3.52. The summed E-state index contributed by atoms with van der Waals surface area (Å²) in [5, 5.41) is 8.85. The Morgan fingerprint density at radius 2 is 2.26 bits per heavy atom. The summed E-state index contributed by atoms with van der Waals surface area (Å²) < 4.78 is 40.0. The third-order valence-electron chi connectivity index (χ3n) is 2.83. The molecule has 0 amide bonds. The molecule has 0 aromatic heterocycles. The minimum absolute atomic E-state index is 0.145. The van der Waals surface area contributed by atoms with Crippen LogP contribution in [-0.2, 0) is 10.0 Å². The number of sulfonamides is 1. The van der Waals surface area contributed by atoms with E-state index in [1.165, 1.54) is 11.0 Å². The lowest BCUT2D eigenvalue weighted by molar-refractivity contribution is 0.469. The van der Waals surface area contributed by atoms with Crippen LogP contribution in [0.4, 0.5) is 4.39 Å². The number of rotatable bonds is 3. The molecule has 1 heterocycles. The van der Waals surface area contributed by atoms with Gasteiger partial charge in [0.25, 0.3) is 0 Å². The van der Waals surface area contributed by atoms with Gasteiger partial charge in [0.15, 0.2) is 6.19 Å². The molecule has 0 bridgehead atoms. The second-order valence-electron chi connectivity index (χ2n) is 4.23. The van der Waals surface area contributed by atoms with Gasteiger partial charge in [0, 0.05) is 24.2 Å². The number of benzene rings is 1. The summed E-state index contributed by atoms with van der Waals surface area (Å²) in [5.41, 5.74) is 0.